The van der Waals surface area contributed by atoms with Crippen LogP contribution in [0, 0.1) is 17.3 Å². The van der Waals surface area contributed by atoms with Crippen molar-refractivity contribution in [1.29, 1.82) is 0 Å². The summed E-state index contributed by atoms with van der Waals surface area (Å²) >= 11 is 0. The summed E-state index contributed by atoms with van der Waals surface area (Å²) < 4.78 is 175. The van der Waals surface area contributed by atoms with Crippen LogP contribution in [0.3, 0.4) is 0 Å². The van der Waals surface area contributed by atoms with E-state index < -0.39 is 219 Å². The normalized spacial score (nSPS) is 31.0. The minimum Gasteiger partial charge on any atom is -0.394 e. The second-order valence-electron chi connectivity index (χ2n) is 27.6. The van der Waals surface area contributed by atoms with Gasteiger partial charge in [0.05, 0.1) is 122 Å². The number of aliphatic hydroxyl groups is 9. The van der Waals surface area contributed by atoms with Crippen LogP contribution in [0.25, 0.3) is 0 Å². The first-order valence-corrected chi connectivity index (χ1v) is 44.5. The predicted molar refractivity (Wildman–Crippen MR) is 378 cm³/mol. The van der Waals surface area contributed by atoms with Gasteiger partial charge in [-0.05, 0) is 78.6 Å². The minimum atomic E-state index is -5.12. The lowest BCUT2D eigenvalue weighted by Crippen LogP contribution is -2.64. The average molecular weight is 1690 g/mol. The van der Waals surface area contributed by atoms with E-state index in [1.807, 2.05) is 0 Å². The van der Waals surface area contributed by atoms with Crippen LogP contribution in [0.5, 0.6) is 0 Å². The van der Waals surface area contributed by atoms with Crippen LogP contribution >= 0.6 is 39.1 Å². The third kappa shape index (κ3) is 39.6. The van der Waals surface area contributed by atoms with E-state index in [4.69, 9.17) is 92.6 Å². The molecule has 646 valence electrons. The third-order valence-electron chi connectivity index (χ3n) is 17.6. The lowest BCUT2D eigenvalue weighted by atomic mass is 9.92. The molecule has 4 aliphatic heterocycles. The van der Waals surface area contributed by atoms with E-state index in [9.17, 15) is 98.0 Å². The number of phosphoric acid groups is 5. The molecular formula is C63H124NO40P5. The smallest absolute Gasteiger partial charge is 0.394 e. The van der Waals surface area contributed by atoms with Gasteiger partial charge in [-0.3, -0.25) is 50.0 Å². The van der Waals surface area contributed by atoms with Gasteiger partial charge in [-0.25, -0.2) is 22.8 Å². The number of ether oxygens (including phenoxy) is 10. The zero-order valence-electron chi connectivity index (χ0n) is 63.0. The van der Waals surface area contributed by atoms with E-state index >= 15 is 0 Å². The van der Waals surface area contributed by atoms with E-state index in [2.05, 4.69) is 5.32 Å². The van der Waals surface area contributed by atoms with Gasteiger partial charge < -0.3 is 123 Å². The van der Waals surface area contributed by atoms with Crippen LogP contribution in [-0.2, 0) is 120 Å². The molecule has 4 heterocycles. The molecule has 4 fully saturated rings. The molecule has 109 heavy (non-hydrogen) atoms. The van der Waals surface area contributed by atoms with E-state index in [0.717, 1.165) is 0 Å². The number of carbonyl (C=O) groups excluding carboxylic acids is 1. The van der Waals surface area contributed by atoms with Crippen LogP contribution < -0.4 is 5.32 Å². The highest BCUT2D eigenvalue weighted by molar-refractivity contribution is 7.48. The molecule has 23 atom stereocenters. The number of hydrogen-bond acceptors (Lipinski definition) is 35. The number of aliphatic hydroxyl groups excluding tert-OH is 9. The van der Waals surface area contributed by atoms with Gasteiger partial charge in [-0.15, -0.1) is 0 Å². The fourth-order valence-corrected chi connectivity index (χ4v) is 15.9. The van der Waals surface area contributed by atoms with Crippen LogP contribution in [-0.4, -0.2) is 313 Å². The van der Waals surface area contributed by atoms with Crippen molar-refractivity contribution in [2.45, 2.75) is 249 Å². The summed E-state index contributed by atoms with van der Waals surface area (Å²) in [6.45, 7) is 3.43. The van der Waals surface area contributed by atoms with Gasteiger partial charge in [-0.1, -0.05) is 52.4 Å². The Hall–Kier alpha value is -0.740. The maximum atomic E-state index is 13.8. The van der Waals surface area contributed by atoms with Gasteiger partial charge >= 0.3 is 39.1 Å². The van der Waals surface area contributed by atoms with Crippen molar-refractivity contribution in [3.8, 4) is 0 Å². The second kappa shape index (κ2) is 52.2. The number of phosphoric ester groups is 5. The highest BCUT2D eigenvalue weighted by atomic mass is 31.2. The molecule has 0 aromatic rings. The van der Waals surface area contributed by atoms with Crippen molar-refractivity contribution in [2.75, 3.05) is 132 Å². The molecule has 0 radical (unpaired) electrons. The van der Waals surface area contributed by atoms with E-state index in [0.29, 0.717) is 77.0 Å². The molecule has 0 spiro atoms. The first-order chi connectivity index (χ1) is 51.5. The Morgan fingerprint density at radius 2 is 0.752 bits per heavy atom. The molecule has 15 N–H and O–H groups in total. The standard InChI is InChI=1S/C63H124NO40P5/c1-43(2)103-109(83,84)104-48-34-44(3)99-52(48)38-97-108(81,82)98-42-63(39-85-22-19-31-94-105(75,76)91-28-16-10-7-13-25-88-60-45(4)54(69)56(71)49(35-65)100-60,40-86-23-20-32-95-106(77,78)92-29-17-11-8-14-26-89-61-46(5)55(70)57(72)50(36-66)101-61)41-87-24-21-33-96-107(79,80)93-30-18-12-9-15-27-90-62-53(64-47(6)68)59(74)58(73)51(37-67)102-62/h43-46,48-62,65-67,69-74H,7-42H2,1-6H3,(H,64,68)(H,75,76)(H,77,78)(H,79,80)(H,81,82)(H,83,84)/t44-,45?,46?,48?,49?,50?,51?,52+,53?,54+,55+,56-,57-,58-,59+,60+,61+,62+,63?/m0/s1. The van der Waals surface area contributed by atoms with E-state index in [1.165, 1.54) is 20.8 Å². The number of hydrogen-bond donors (Lipinski definition) is 15. The Bertz CT molecular complexity index is 2640. The summed E-state index contributed by atoms with van der Waals surface area (Å²) in [7, 11) is -23.5. The lowest BCUT2D eigenvalue weighted by molar-refractivity contribution is -0.282. The molecule has 0 aromatic heterocycles. The van der Waals surface area contributed by atoms with Crippen LogP contribution in [0.15, 0.2) is 0 Å². The van der Waals surface area contributed by atoms with Gasteiger partial charge in [0.15, 0.2) is 18.9 Å². The molecule has 41 nitrogen and oxygen atoms in total. The maximum Gasteiger partial charge on any atom is 0.472 e. The van der Waals surface area contributed by atoms with E-state index in [1.54, 1.807) is 20.8 Å². The molecule has 0 aromatic carbocycles. The topological polar surface area (TPSA) is 582 Å². The highest BCUT2D eigenvalue weighted by Gasteiger charge is 2.48. The Morgan fingerprint density at radius 1 is 0.413 bits per heavy atom. The minimum absolute atomic E-state index is 0.0168. The van der Waals surface area contributed by atoms with Crippen molar-refractivity contribution in [3.05, 3.63) is 0 Å². The molecule has 4 rings (SSSR count). The fourth-order valence-electron chi connectivity index (χ4n) is 11.6. The lowest BCUT2D eigenvalue weighted by Gasteiger charge is -2.42. The van der Waals surface area contributed by atoms with Gasteiger partial charge in [0, 0.05) is 64.8 Å². The summed E-state index contributed by atoms with van der Waals surface area (Å²) in [6.07, 6.45) is -11.2. The van der Waals surface area contributed by atoms with Crippen LogP contribution in [0.1, 0.15) is 144 Å². The molecule has 4 aliphatic rings. The molecule has 1 amide bonds. The molecule has 12 unspecified atom stereocenters. The molecule has 0 aliphatic carbocycles. The monoisotopic (exact) mass is 1690 g/mol. The average Bonchev–Trinajstić information content (AvgIpc) is 1.30. The zero-order valence-corrected chi connectivity index (χ0v) is 67.5. The van der Waals surface area contributed by atoms with Crippen molar-refractivity contribution in [3.63, 3.8) is 0 Å². The van der Waals surface area contributed by atoms with Crippen molar-refractivity contribution >= 4 is 45.0 Å². The summed E-state index contributed by atoms with van der Waals surface area (Å²) in [5.41, 5.74) is -1.57. The van der Waals surface area contributed by atoms with Gasteiger partial charge in [0.1, 0.15) is 61.0 Å². The molecule has 46 heteroatoms. The highest BCUT2D eigenvalue weighted by Crippen LogP contribution is 2.51. The fraction of sp³-hybridized carbons (Fsp3) is 0.984. The van der Waals surface area contributed by atoms with Gasteiger partial charge in [-0.2, -0.15) is 0 Å². The number of carbonyl (C=O) groups is 1. The Balaban J connectivity index is 1.34. The summed E-state index contributed by atoms with van der Waals surface area (Å²) in [6, 6.07) is -1.11. The number of amides is 1. The molecule has 0 saturated carbocycles. The maximum absolute atomic E-state index is 13.8. The molecule has 4 saturated heterocycles. The summed E-state index contributed by atoms with van der Waals surface area (Å²) in [5, 5.41) is 92.5. The number of unbranched alkanes of at least 4 members (excludes halogenated alkanes) is 9. The van der Waals surface area contributed by atoms with Crippen molar-refractivity contribution in [2.24, 2.45) is 17.3 Å². The van der Waals surface area contributed by atoms with Gasteiger partial charge in [0.25, 0.3) is 0 Å². The molecule has 0 bridgehead atoms. The first-order valence-electron chi connectivity index (χ1n) is 37.0. The Labute approximate surface area is 636 Å². The SMILES string of the molecule is CC(=O)NC1[C@H](OCCCCCCOP(=O)(O)OCCCOCC(COCCCOP(=O)(O)OCCCCCCO[C@@H]2OC(CO)[C@H](O)[C@H](O)C2C)(COCCCOP(=O)(O)OCCCCCCO[C@@H]2OC(CO)[C@H](O)[C@H](O)C2C)COP(=O)(O)OC[C@H]2O[C@@H](C)CC2OP(=O)(O)OC(C)C)OC(CO)[C@H](O)[C@@H]1O. The Kier molecular flexibility index (Phi) is 48.2. The first kappa shape index (κ1) is 101. The summed E-state index contributed by atoms with van der Waals surface area (Å²) in [5.74, 6) is -1.62. The third-order valence-corrected chi connectivity index (χ3v) is 22.8. The van der Waals surface area contributed by atoms with E-state index in [-0.39, 0.29) is 105 Å². The van der Waals surface area contributed by atoms with Crippen molar-refractivity contribution in [1.82, 2.24) is 5.32 Å². The Morgan fingerprint density at radius 3 is 1.12 bits per heavy atom. The van der Waals surface area contributed by atoms with Crippen molar-refractivity contribution < 1.29 is 191 Å². The van der Waals surface area contributed by atoms with Gasteiger partial charge in [0.2, 0.25) is 5.91 Å². The number of nitrogens with one attached hydrogen (secondary N) is 1. The predicted octanol–water partition coefficient (Wildman–Crippen LogP) is 2.64. The van der Waals surface area contributed by atoms with Crippen LogP contribution in [0.2, 0.25) is 0 Å². The second-order valence-corrected chi connectivity index (χ2v) is 34.7. The quantitative estimate of drug-likeness (QED) is 0.0307. The number of rotatable bonds is 62. The molecular weight excluding hydrogens is 1570 g/mol. The summed E-state index contributed by atoms with van der Waals surface area (Å²) in [4.78, 5) is 64.7. The largest absolute Gasteiger partial charge is 0.472 e. The zero-order chi connectivity index (χ0) is 80.9. The van der Waals surface area contributed by atoms with Crippen LogP contribution in [0.4, 0.5) is 0 Å².